The molecule has 0 fully saturated rings. The summed E-state index contributed by atoms with van der Waals surface area (Å²) in [4.78, 5) is 8.93. The van der Waals surface area contributed by atoms with Gasteiger partial charge in [0.15, 0.2) is 0 Å². The third-order valence-electron chi connectivity index (χ3n) is 9.23. The van der Waals surface area contributed by atoms with Crippen molar-refractivity contribution in [2.75, 3.05) is 0 Å². The van der Waals surface area contributed by atoms with Crippen LogP contribution < -0.4 is 0 Å². The molecule has 0 unspecified atom stereocenters. The number of aromatic nitrogens is 3. The van der Waals surface area contributed by atoms with Gasteiger partial charge in [-0.05, 0) is 64.5 Å². The zero-order valence-electron chi connectivity index (χ0n) is 28.0. The van der Waals surface area contributed by atoms with Crippen LogP contribution in [0.15, 0.2) is 138 Å². The maximum absolute atomic E-state index is 6.22. The molecule has 245 valence electrons. The van der Waals surface area contributed by atoms with Crippen molar-refractivity contribution in [3.63, 3.8) is 0 Å². The number of furan rings is 1. The van der Waals surface area contributed by atoms with E-state index in [2.05, 4.69) is 109 Å². The molecule has 0 amide bonds. The van der Waals surface area contributed by atoms with E-state index in [0.29, 0.717) is 0 Å². The van der Waals surface area contributed by atoms with Gasteiger partial charge in [-0.25, -0.2) is 0 Å². The van der Waals surface area contributed by atoms with E-state index in [9.17, 15) is 0 Å². The van der Waals surface area contributed by atoms with Crippen molar-refractivity contribution in [1.82, 2.24) is 14.4 Å². The predicted octanol–water partition coefficient (Wildman–Crippen LogP) is 11.7. The van der Waals surface area contributed by atoms with E-state index in [0.717, 1.165) is 50.9 Å². The number of benzene rings is 5. The van der Waals surface area contributed by atoms with E-state index in [4.69, 9.17) is 9.40 Å². The van der Waals surface area contributed by atoms with Crippen molar-refractivity contribution in [1.29, 1.82) is 0 Å². The fourth-order valence-electron chi connectivity index (χ4n) is 7.20. The molecule has 10 rings (SSSR count). The molecule has 0 saturated heterocycles. The van der Waals surface area contributed by atoms with E-state index in [1.54, 1.807) is 6.20 Å². The fraction of sp³-hybridized carbons (Fsp3) is 0.111. The smallest absolute Gasteiger partial charge is 0.136 e. The van der Waals surface area contributed by atoms with Crippen LogP contribution in [0.2, 0.25) is 0 Å². The van der Waals surface area contributed by atoms with Crippen molar-refractivity contribution in [2.24, 2.45) is 5.41 Å². The SMILES string of the molecule is CC(C)(C)Cc1ccnc(-c2[c-]cc3c(c2)c2cccc4c5cc6oc7ccccc7c6cc5n3c24)c1.[Ir].[c-]1ccccc1-c1ccccn1. The minimum Gasteiger partial charge on any atom is -0.456 e. The van der Waals surface area contributed by atoms with Gasteiger partial charge in [0.2, 0.25) is 0 Å². The summed E-state index contributed by atoms with van der Waals surface area (Å²) in [6.07, 6.45) is 4.73. The van der Waals surface area contributed by atoms with Crippen LogP contribution in [0.4, 0.5) is 0 Å². The first-order valence-corrected chi connectivity index (χ1v) is 16.7. The Morgan fingerprint density at radius 2 is 1.36 bits per heavy atom. The van der Waals surface area contributed by atoms with E-state index >= 15 is 0 Å². The predicted molar refractivity (Wildman–Crippen MR) is 202 cm³/mol. The Balaban J connectivity index is 0.000000236. The maximum Gasteiger partial charge on any atom is 0.136 e. The van der Waals surface area contributed by atoms with Crippen LogP contribution in [0.25, 0.3) is 82.5 Å². The summed E-state index contributed by atoms with van der Waals surface area (Å²) < 4.78 is 8.62. The van der Waals surface area contributed by atoms with Crippen LogP contribution in [0, 0.1) is 17.5 Å². The van der Waals surface area contributed by atoms with Crippen LogP contribution in [-0.2, 0) is 26.5 Å². The number of para-hydroxylation sites is 2. The van der Waals surface area contributed by atoms with Gasteiger partial charge in [-0.2, -0.15) is 0 Å². The average molecular weight is 824 g/mol. The molecule has 10 aromatic rings. The molecule has 0 aliphatic heterocycles. The van der Waals surface area contributed by atoms with Gasteiger partial charge in [0.05, 0.1) is 5.52 Å². The Morgan fingerprint density at radius 3 is 2.14 bits per heavy atom. The molecule has 1 radical (unpaired) electrons. The minimum atomic E-state index is 0. The summed E-state index contributed by atoms with van der Waals surface area (Å²) in [5.41, 5.74) is 11.0. The Hall–Kier alpha value is -5.35. The van der Waals surface area contributed by atoms with Gasteiger partial charge in [0, 0.05) is 59.6 Å². The minimum absolute atomic E-state index is 0. The van der Waals surface area contributed by atoms with Crippen LogP contribution in [0.1, 0.15) is 26.3 Å². The zero-order chi connectivity index (χ0) is 33.1. The normalized spacial score (nSPS) is 11.8. The van der Waals surface area contributed by atoms with Crippen LogP contribution in [0.3, 0.4) is 0 Å². The standard InChI is InChI=1S/C34H25N2O.C11H8N.Ir/c1-34(2,3)19-20-13-14-35-28(15-20)21-11-12-29-25(16-21)23-8-6-9-24-26-18-32-27(17-30(26)36(29)33(23)24)22-7-4-5-10-31(22)37-32;1-2-6-10(7-3-1)11-8-4-5-9-12-11;/h4-10,12-18H,19H2,1-3H3;1-6,8-9H;/q2*-1;. The van der Waals surface area contributed by atoms with Crippen molar-refractivity contribution in [3.05, 3.63) is 151 Å². The van der Waals surface area contributed by atoms with Gasteiger partial charge < -0.3 is 18.8 Å². The molecular weight excluding hydrogens is 791 g/mol. The third-order valence-corrected chi connectivity index (χ3v) is 9.23. The van der Waals surface area contributed by atoms with Crippen molar-refractivity contribution in [2.45, 2.75) is 27.2 Å². The van der Waals surface area contributed by atoms with Gasteiger partial charge in [0.1, 0.15) is 11.2 Å². The van der Waals surface area contributed by atoms with Crippen molar-refractivity contribution >= 4 is 60.0 Å². The van der Waals surface area contributed by atoms with Gasteiger partial charge in [-0.15, -0.1) is 59.7 Å². The first-order valence-electron chi connectivity index (χ1n) is 16.7. The molecular formula is C45H33IrN3O-2. The van der Waals surface area contributed by atoms with Gasteiger partial charge in [-0.3, -0.25) is 0 Å². The average Bonchev–Trinajstić information content (AvgIpc) is 3.77. The quantitative estimate of drug-likeness (QED) is 0.167. The number of hydrogen-bond donors (Lipinski definition) is 0. The molecule has 0 saturated carbocycles. The van der Waals surface area contributed by atoms with E-state index < -0.39 is 0 Å². The molecule has 0 aliphatic carbocycles. The van der Waals surface area contributed by atoms with E-state index in [-0.39, 0.29) is 25.5 Å². The number of fused-ring (bicyclic) bond motifs is 9. The van der Waals surface area contributed by atoms with Crippen LogP contribution in [-0.4, -0.2) is 14.4 Å². The Bertz CT molecular complexity index is 2740. The second-order valence-corrected chi connectivity index (χ2v) is 13.9. The van der Waals surface area contributed by atoms with Crippen molar-refractivity contribution < 1.29 is 24.5 Å². The molecule has 5 aromatic heterocycles. The number of hydrogen-bond acceptors (Lipinski definition) is 3. The summed E-state index contributed by atoms with van der Waals surface area (Å²) in [5.74, 6) is 0. The Morgan fingerprint density at radius 1 is 0.600 bits per heavy atom. The molecule has 0 aliphatic rings. The van der Waals surface area contributed by atoms with Crippen LogP contribution in [0.5, 0.6) is 0 Å². The van der Waals surface area contributed by atoms with Gasteiger partial charge in [-0.1, -0.05) is 86.3 Å². The first-order chi connectivity index (χ1) is 23.9. The summed E-state index contributed by atoms with van der Waals surface area (Å²) in [7, 11) is 0. The molecule has 0 atom stereocenters. The topological polar surface area (TPSA) is 43.3 Å². The molecule has 5 heteroatoms. The first kappa shape index (κ1) is 31.9. The van der Waals surface area contributed by atoms with Crippen LogP contribution >= 0.6 is 0 Å². The summed E-state index contributed by atoms with van der Waals surface area (Å²) in [6.45, 7) is 6.82. The van der Waals surface area contributed by atoms with E-state index in [1.807, 2.05) is 60.8 Å². The zero-order valence-corrected chi connectivity index (χ0v) is 30.4. The van der Waals surface area contributed by atoms with E-state index in [1.165, 1.54) is 43.7 Å². The Labute approximate surface area is 304 Å². The molecule has 0 bridgehead atoms. The Kier molecular flexibility index (Phi) is 7.98. The fourth-order valence-corrected chi connectivity index (χ4v) is 7.20. The molecule has 5 heterocycles. The number of rotatable bonds is 3. The van der Waals surface area contributed by atoms with Crippen molar-refractivity contribution in [3.8, 4) is 22.5 Å². The second-order valence-electron chi connectivity index (χ2n) is 13.9. The van der Waals surface area contributed by atoms with Gasteiger partial charge in [0.25, 0.3) is 0 Å². The molecule has 5 aromatic carbocycles. The third kappa shape index (κ3) is 5.53. The summed E-state index contributed by atoms with van der Waals surface area (Å²) in [5, 5.41) is 7.26. The summed E-state index contributed by atoms with van der Waals surface area (Å²) in [6, 6.07) is 48.5. The van der Waals surface area contributed by atoms with Gasteiger partial charge >= 0.3 is 0 Å². The monoisotopic (exact) mass is 824 g/mol. The summed E-state index contributed by atoms with van der Waals surface area (Å²) >= 11 is 0. The maximum atomic E-state index is 6.22. The molecule has 50 heavy (non-hydrogen) atoms. The largest absolute Gasteiger partial charge is 0.456 e. The second kappa shape index (κ2) is 12.5. The molecule has 0 N–H and O–H groups in total. The molecule has 0 spiro atoms. The molecule has 4 nitrogen and oxygen atoms in total. The number of pyridine rings is 2. The number of nitrogens with zero attached hydrogens (tertiary/aromatic N) is 3.